The third kappa shape index (κ3) is 9.12. The molecule has 0 saturated carbocycles. The molecule has 166 valence electrons. The van der Waals surface area contributed by atoms with E-state index in [1.165, 1.54) is 0 Å². The number of hydrogen-bond acceptors (Lipinski definition) is 4. The van der Waals surface area contributed by atoms with Crippen molar-refractivity contribution in [1.82, 2.24) is 10.6 Å². The third-order valence-corrected chi connectivity index (χ3v) is 4.04. The van der Waals surface area contributed by atoms with Crippen LogP contribution < -0.4 is 20.1 Å². The van der Waals surface area contributed by atoms with Gasteiger partial charge in [0.15, 0.2) is 5.96 Å². The Bertz CT molecular complexity index is 807. The van der Waals surface area contributed by atoms with Gasteiger partial charge in [0.2, 0.25) is 0 Å². The number of nitrogens with zero attached hydrogens (tertiary/aromatic N) is 1. The van der Waals surface area contributed by atoms with Crippen LogP contribution in [0.1, 0.15) is 16.7 Å². The number of ether oxygens (including phenoxy) is 3. The number of alkyl halides is 2. The Morgan fingerprint density at radius 1 is 1.13 bits per heavy atom. The molecule has 2 rings (SSSR count). The van der Waals surface area contributed by atoms with Gasteiger partial charge < -0.3 is 24.8 Å². The lowest BCUT2D eigenvalue weighted by Crippen LogP contribution is -2.38. The molecule has 0 radical (unpaired) electrons. The minimum atomic E-state index is -2.87. The quantitative estimate of drug-likeness (QED) is 0.208. The van der Waals surface area contributed by atoms with E-state index in [-0.39, 0.29) is 29.7 Å². The van der Waals surface area contributed by atoms with E-state index < -0.39 is 6.61 Å². The van der Waals surface area contributed by atoms with Crippen molar-refractivity contribution in [3.63, 3.8) is 0 Å². The van der Waals surface area contributed by atoms with Crippen molar-refractivity contribution in [3.05, 3.63) is 59.2 Å². The second-order valence-electron chi connectivity index (χ2n) is 6.25. The second kappa shape index (κ2) is 14.0. The summed E-state index contributed by atoms with van der Waals surface area (Å²) >= 11 is 0. The predicted octanol–water partition coefficient (Wildman–Crippen LogP) is 4.10. The van der Waals surface area contributed by atoms with E-state index in [9.17, 15) is 8.78 Å². The van der Waals surface area contributed by atoms with Crippen LogP contribution in [0.25, 0.3) is 0 Å². The summed E-state index contributed by atoms with van der Waals surface area (Å²) < 4.78 is 40.6. The Labute approximate surface area is 193 Å². The molecule has 0 saturated heterocycles. The first-order valence-corrected chi connectivity index (χ1v) is 9.21. The Balaban J connectivity index is 0.00000450. The fourth-order valence-electron chi connectivity index (χ4n) is 2.65. The minimum absolute atomic E-state index is 0. The molecule has 2 N–H and O–H groups in total. The standard InChI is InChI=1S/C21H27F2N3O3.HI/c1-15-7-8-19(29-20(22)23)17(11-15)13-26-21(24-2)25-9-10-28-14-16-5-4-6-18(12-16)27-3;/h4-8,11-12,20H,9-10,13-14H2,1-3H3,(H2,24,25,26);1H. The SMILES string of the molecule is CN=C(NCCOCc1cccc(OC)c1)NCc1cc(C)ccc1OC(F)F.I. The molecular weight excluding hydrogens is 507 g/mol. The number of halogens is 3. The lowest BCUT2D eigenvalue weighted by atomic mass is 10.1. The maximum atomic E-state index is 12.6. The van der Waals surface area contributed by atoms with E-state index in [2.05, 4.69) is 20.4 Å². The normalized spacial score (nSPS) is 11.1. The minimum Gasteiger partial charge on any atom is -0.497 e. The van der Waals surface area contributed by atoms with E-state index in [0.717, 1.165) is 16.9 Å². The first-order chi connectivity index (χ1) is 14.0. The zero-order valence-corrected chi connectivity index (χ0v) is 19.6. The Hall–Kier alpha value is -2.14. The molecule has 2 aromatic carbocycles. The molecule has 0 amide bonds. The van der Waals surface area contributed by atoms with Gasteiger partial charge in [0.05, 0.1) is 20.3 Å². The number of benzene rings is 2. The Kier molecular flexibility index (Phi) is 12.1. The van der Waals surface area contributed by atoms with Gasteiger partial charge in [-0.3, -0.25) is 4.99 Å². The maximum absolute atomic E-state index is 12.6. The highest BCUT2D eigenvalue weighted by molar-refractivity contribution is 14.0. The summed E-state index contributed by atoms with van der Waals surface area (Å²) in [6.07, 6.45) is 0. The van der Waals surface area contributed by atoms with Gasteiger partial charge in [-0.25, -0.2) is 0 Å². The van der Waals surface area contributed by atoms with Gasteiger partial charge in [0.25, 0.3) is 0 Å². The number of aryl methyl sites for hydroxylation is 1. The highest BCUT2D eigenvalue weighted by atomic mass is 127. The molecule has 0 fully saturated rings. The molecule has 0 bridgehead atoms. The van der Waals surface area contributed by atoms with Gasteiger partial charge in [0.1, 0.15) is 11.5 Å². The van der Waals surface area contributed by atoms with Gasteiger partial charge in [-0.05, 0) is 30.7 Å². The summed E-state index contributed by atoms with van der Waals surface area (Å²) in [7, 11) is 3.26. The number of guanidine groups is 1. The number of aliphatic imine (C=N–C) groups is 1. The van der Waals surface area contributed by atoms with Crippen molar-refractivity contribution in [2.75, 3.05) is 27.3 Å². The van der Waals surface area contributed by atoms with Crippen molar-refractivity contribution in [2.45, 2.75) is 26.7 Å². The van der Waals surface area contributed by atoms with E-state index in [1.54, 1.807) is 32.4 Å². The summed E-state index contributed by atoms with van der Waals surface area (Å²) in [6, 6.07) is 12.8. The fraction of sp³-hybridized carbons (Fsp3) is 0.381. The van der Waals surface area contributed by atoms with Gasteiger partial charge in [-0.2, -0.15) is 8.78 Å². The van der Waals surface area contributed by atoms with Crippen LogP contribution in [-0.4, -0.2) is 39.9 Å². The fourth-order valence-corrected chi connectivity index (χ4v) is 2.65. The topological polar surface area (TPSA) is 64.1 Å². The van der Waals surface area contributed by atoms with Crippen LogP contribution in [0, 0.1) is 6.92 Å². The lowest BCUT2D eigenvalue weighted by molar-refractivity contribution is -0.0504. The molecule has 0 unspecified atom stereocenters. The molecule has 9 heteroatoms. The van der Waals surface area contributed by atoms with E-state index >= 15 is 0 Å². The summed E-state index contributed by atoms with van der Waals surface area (Å²) in [5.41, 5.74) is 2.61. The van der Waals surface area contributed by atoms with Crippen LogP contribution in [0.2, 0.25) is 0 Å². The third-order valence-electron chi connectivity index (χ3n) is 4.04. The number of rotatable bonds is 10. The van der Waals surface area contributed by atoms with Gasteiger partial charge in [-0.1, -0.05) is 29.8 Å². The summed E-state index contributed by atoms with van der Waals surface area (Å²) in [5, 5.41) is 6.22. The molecule has 2 aromatic rings. The molecular formula is C21H28F2IN3O3. The van der Waals surface area contributed by atoms with E-state index in [4.69, 9.17) is 9.47 Å². The maximum Gasteiger partial charge on any atom is 0.387 e. The lowest BCUT2D eigenvalue weighted by Gasteiger charge is -2.15. The van der Waals surface area contributed by atoms with E-state index in [1.807, 2.05) is 31.2 Å². The average Bonchev–Trinajstić information content (AvgIpc) is 2.71. The first kappa shape index (κ1) is 25.9. The van der Waals surface area contributed by atoms with Crippen molar-refractivity contribution in [2.24, 2.45) is 4.99 Å². The molecule has 0 spiro atoms. The summed E-state index contributed by atoms with van der Waals surface area (Å²) in [5.74, 6) is 1.48. The van der Waals surface area contributed by atoms with Crippen molar-refractivity contribution in [1.29, 1.82) is 0 Å². The zero-order valence-electron chi connectivity index (χ0n) is 17.3. The molecule has 0 aliphatic heterocycles. The molecule has 0 aromatic heterocycles. The van der Waals surface area contributed by atoms with E-state index in [0.29, 0.717) is 37.8 Å². The molecule has 0 aliphatic carbocycles. The Morgan fingerprint density at radius 3 is 2.63 bits per heavy atom. The van der Waals surface area contributed by atoms with Crippen LogP contribution >= 0.6 is 24.0 Å². The molecule has 0 heterocycles. The van der Waals surface area contributed by atoms with Crippen LogP contribution in [0.3, 0.4) is 0 Å². The van der Waals surface area contributed by atoms with Gasteiger partial charge in [0, 0.05) is 25.7 Å². The van der Waals surface area contributed by atoms with Gasteiger partial charge in [-0.15, -0.1) is 24.0 Å². The molecule has 0 atom stereocenters. The summed E-state index contributed by atoms with van der Waals surface area (Å²) in [6.45, 7) is 0.814. The highest BCUT2D eigenvalue weighted by Crippen LogP contribution is 2.22. The van der Waals surface area contributed by atoms with Crippen LogP contribution in [0.15, 0.2) is 47.5 Å². The van der Waals surface area contributed by atoms with Crippen LogP contribution in [0.4, 0.5) is 8.78 Å². The molecule has 0 aliphatic rings. The first-order valence-electron chi connectivity index (χ1n) is 9.21. The monoisotopic (exact) mass is 535 g/mol. The smallest absolute Gasteiger partial charge is 0.387 e. The number of hydrogen-bond donors (Lipinski definition) is 2. The average molecular weight is 535 g/mol. The van der Waals surface area contributed by atoms with Crippen molar-refractivity contribution >= 4 is 29.9 Å². The summed E-state index contributed by atoms with van der Waals surface area (Å²) in [4.78, 5) is 4.13. The predicted molar refractivity (Wildman–Crippen MR) is 124 cm³/mol. The van der Waals surface area contributed by atoms with Crippen molar-refractivity contribution in [3.8, 4) is 11.5 Å². The highest BCUT2D eigenvalue weighted by Gasteiger charge is 2.10. The zero-order chi connectivity index (χ0) is 21.1. The largest absolute Gasteiger partial charge is 0.497 e. The molecule has 6 nitrogen and oxygen atoms in total. The van der Waals surface area contributed by atoms with Gasteiger partial charge >= 0.3 is 6.61 Å². The number of methoxy groups -OCH3 is 1. The second-order valence-corrected chi connectivity index (χ2v) is 6.25. The van der Waals surface area contributed by atoms with Crippen LogP contribution in [0.5, 0.6) is 11.5 Å². The van der Waals surface area contributed by atoms with Crippen LogP contribution in [-0.2, 0) is 17.9 Å². The Morgan fingerprint density at radius 2 is 1.93 bits per heavy atom. The molecule has 30 heavy (non-hydrogen) atoms. The van der Waals surface area contributed by atoms with Crippen molar-refractivity contribution < 1.29 is 23.0 Å². The number of nitrogens with one attached hydrogen (secondary N) is 2.